The number of nitrogens with one attached hydrogen (secondary N) is 1. The van der Waals surface area contributed by atoms with Gasteiger partial charge in [0, 0.05) is 11.4 Å². The molecular formula is C18H21N3OS. The smallest absolute Gasteiger partial charge is 0.138 e. The molecule has 4 nitrogen and oxygen atoms in total. The van der Waals surface area contributed by atoms with Gasteiger partial charge < -0.3 is 10.1 Å². The van der Waals surface area contributed by atoms with Gasteiger partial charge in [-0.05, 0) is 50.5 Å². The van der Waals surface area contributed by atoms with E-state index >= 15 is 0 Å². The fourth-order valence-electron chi connectivity index (χ4n) is 2.61. The van der Waals surface area contributed by atoms with Gasteiger partial charge in [-0.1, -0.05) is 12.1 Å². The Kier molecular flexibility index (Phi) is 4.76. The third kappa shape index (κ3) is 3.79. The van der Waals surface area contributed by atoms with E-state index in [2.05, 4.69) is 40.4 Å². The molecule has 0 aliphatic carbocycles. The molecule has 0 fully saturated rings. The van der Waals surface area contributed by atoms with Gasteiger partial charge in [0.1, 0.15) is 22.2 Å². The molecular weight excluding hydrogens is 306 g/mol. The van der Waals surface area contributed by atoms with Crippen LogP contribution >= 0.6 is 11.3 Å². The predicted octanol–water partition coefficient (Wildman–Crippen LogP) is 4.36. The number of fused-ring (bicyclic) bond motifs is 1. The highest BCUT2D eigenvalue weighted by atomic mass is 32.1. The van der Waals surface area contributed by atoms with Gasteiger partial charge >= 0.3 is 0 Å². The molecule has 0 radical (unpaired) electrons. The molecule has 0 spiro atoms. The molecule has 1 N–H and O–H groups in total. The van der Waals surface area contributed by atoms with Crippen LogP contribution in [0.5, 0.6) is 5.75 Å². The first kappa shape index (κ1) is 15.7. The van der Waals surface area contributed by atoms with Gasteiger partial charge in [0.25, 0.3) is 0 Å². The molecule has 0 unspecified atom stereocenters. The lowest BCUT2D eigenvalue weighted by Crippen LogP contribution is -2.06. The molecule has 0 saturated heterocycles. The number of hydrogen-bond acceptors (Lipinski definition) is 5. The van der Waals surface area contributed by atoms with Crippen LogP contribution in [0.15, 0.2) is 30.3 Å². The molecule has 3 rings (SSSR count). The first-order valence-corrected chi connectivity index (χ1v) is 8.59. The average molecular weight is 327 g/mol. The van der Waals surface area contributed by atoms with Gasteiger partial charge in [0.15, 0.2) is 0 Å². The second-order valence-corrected chi connectivity index (χ2v) is 6.81. The number of methoxy groups -OCH3 is 1. The highest BCUT2D eigenvalue weighted by molar-refractivity contribution is 7.18. The minimum absolute atomic E-state index is 0.814. The summed E-state index contributed by atoms with van der Waals surface area (Å²) in [6, 6.07) is 10.4. The Labute approximate surface area is 140 Å². The van der Waals surface area contributed by atoms with Crippen LogP contribution in [0.2, 0.25) is 0 Å². The van der Waals surface area contributed by atoms with Crippen molar-refractivity contribution in [3.63, 3.8) is 0 Å². The maximum atomic E-state index is 5.26. The quantitative estimate of drug-likeness (QED) is 0.683. The number of thiophene rings is 1. The van der Waals surface area contributed by atoms with Crippen molar-refractivity contribution in [2.75, 3.05) is 19.0 Å². The number of anilines is 1. The largest absolute Gasteiger partial charge is 0.497 e. The van der Waals surface area contributed by atoms with Crippen molar-refractivity contribution in [1.82, 2.24) is 9.97 Å². The fraction of sp³-hybridized carbons (Fsp3) is 0.333. The van der Waals surface area contributed by atoms with Crippen molar-refractivity contribution in [2.45, 2.75) is 26.7 Å². The molecule has 0 saturated carbocycles. The number of aryl methyl sites for hydroxylation is 3. The molecule has 0 amide bonds. The average Bonchev–Trinajstić information content (AvgIpc) is 2.91. The summed E-state index contributed by atoms with van der Waals surface area (Å²) >= 11 is 1.72. The number of ether oxygens (including phenoxy) is 1. The molecule has 0 atom stereocenters. The third-order valence-corrected chi connectivity index (χ3v) is 4.64. The standard InChI is InChI=1S/C18H21N3OS/c1-12-10-16-17(20-13(2)21-18(16)23-12)19-9-5-7-14-6-4-8-15(11-14)22-3/h4,6,8,10-11H,5,7,9H2,1-3H3,(H,19,20,21). The van der Waals surface area contributed by atoms with Gasteiger partial charge in [-0.15, -0.1) is 11.3 Å². The number of benzene rings is 1. The molecule has 120 valence electrons. The third-order valence-electron chi connectivity index (χ3n) is 3.70. The van der Waals surface area contributed by atoms with E-state index in [9.17, 15) is 0 Å². The van der Waals surface area contributed by atoms with Crippen molar-refractivity contribution in [3.05, 3.63) is 46.6 Å². The Bertz CT molecular complexity index is 813. The number of rotatable bonds is 6. The minimum Gasteiger partial charge on any atom is -0.497 e. The highest BCUT2D eigenvalue weighted by Gasteiger charge is 2.08. The van der Waals surface area contributed by atoms with E-state index in [1.807, 2.05) is 19.1 Å². The summed E-state index contributed by atoms with van der Waals surface area (Å²) in [5.74, 6) is 2.68. The van der Waals surface area contributed by atoms with Gasteiger partial charge in [0.2, 0.25) is 0 Å². The Morgan fingerprint density at radius 2 is 2.04 bits per heavy atom. The molecule has 1 aromatic carbocycles. The van der Waals surface area contributed by atoms with Crippen molar-refractivity contribution in [2.24, 2.45) is 0 Å². The van der Waals surface area contributed by atoms with Crippen molar-refractivity contribution < 1.29 is 4.74 Å². The van der Waals surface area contributed by atoms with Crippen molar-refractivity contribution >= 4 is 27.4 Å². The van der Waals surface area contributed by atoms with Gasteiger partial charge in [-0.25, -0.2) is 9.97 Å². The summed E-state index contributed by atoms with van der Waals surface area (Å²) < 4.78 is 5.26. The van der Waals surface area contributed by atoms with E-state index < -0.39 is 0 Å². The van der Waals surface area contributed by atoms with Gasteiger partial charge in [-0.2, -0.15) is 0 Å². The molecule has 0 aliphatic heterocycles. The first-order valence-electron chi connectivity index (χ1n) is 7.77. The van der Waals surface area contributed by atoms with E-state index in [4.69, 9.17) is 4.74 Å². The number of nitrogens with zero attached hydrogens (tertiary/aromatic N) is 2. The van der Waals surface area contributed by atoms with Crippen LogP contribution in [0.3, 0.4) is 0 Å². The first-order chi connectivity index (χ1) is 11.2. The number of aromatic nitrogens is 2. The minimum atomic E-state index is 0.814. The second kappa shape index (κ2) is 6.96. The normalized spacial score (nSPS) is 10.9. The molecule has 2 heterocycles. The Hall–Kier alpha value is -2.14. The molecule has 23 heavy (non-hydrogen) atoms. The van der Waals surface area contributed by atoms with Gasteiger partial charge in [-0.3, -0.25) is 0 Å². The van der Waals surface area contributed by atoms with Crippen LogP contribution in [-0.4, -0.2) is 23.6 Å². The summed E-state index contributed by atoms with van der Waals surface area (Å²) in [6.45, 7) is 4.93. The Balaban J connectivity index is 1.62. The van der Waals surface area contributed by atoms with Crippen LogP contribution in [-0.2, 0) is 6.42 Å². The van der Waals surface area contributed by atoms with E-state index in [0.717, 1.165) is 47.0 Å². The summed E-state index contributed by atoms with van der Waals surface area (Å²) in [5, 5.41) is 4.59. The maximum Gasteiger partial charge on any atom is 0.138 e. The van der Waals surface area contributed by atoms with E-state index in [0.29, 0.717) is 0 Å². The van der Waals surface area contributed by atoms with E-state index in [1.165, 1.54) is 10.4 Å². The number of hydrogen-bond donors (Lipinski definition) is 1. The molecule has 2 aromatic heterocycles. The summed E-state index contributed by atoms with van der Waals surface area (Å²) in [5.41, 5.74) is 1.29. The van der Waals surface area contributed by atoms with Crippen LogP contribution < -0.4 is 10.1 Å². The fourth-order valence-corrected chi connectivity index (χ4v) is 3.54. The Morgan fingerprint density at radius 1 is 1.17 bits per heavy atom. The summed E-state index contributed by atoms with van der Waals surface area (Å²) in [6.07, 6.45) is 2.06. The topological polar surface area (TPSA) is 47.0 Å². The summed E-state index contributed by atoms with van der Waals surface area (Å²) in [4.78, 5) is 11.4. The van der Waals surface area contributed by atoms with E-state index in [1.54, 1.807) is 18.4 Å². The zero-order valence-corrected chi connectivity index (χ0v) is 14.5. The SMILES string of the molecule is COc1cccc(CCCNc2nc(C)nc3sc(C)cc23)c1. The lowest BCUT2D eigenvalue weighted by molar-refractivity contribution is 0.414. The lowest BCUT2D eigenvalue weighted by Gasteiger charge is -2.08. The zero-order chi connectivity index (χ0) is 16.2. The summed E-state index contributed by atoms with van der Waals surface area (Å²) in [7, 11) is 1.70. The van der Waals surface area contributed by atoms with Crippen molar-refractivity contribution in [3.8, 4) is 5.75 Å². The Morgan fingerprint density at radius 3 is 2.87 bits per heavy atom. The predicted molar refractivity (Wildman–Crippen MR) is 96.7 cm³/mol. The van der Waals surface area contributed by atoms with Crippen LogP contribution in [0.1, 0.15) is 22.7 Å². The molecule has 5 heteroatoms. The zero-order valence-electron chi connectivity index (χ0n) is 13.7. The van der Waals surface area contributed by atoms with Crippen molar-refractivity contribution in [1.29, 1.82) is 0 Å². The molecule has 0 bridgehead atoms. The highest BCUT2D eigenvalue weighted by Crippen LogP contribution is 2.28. The van der Waals surface area contributed by atoms with Crippen LogP contribution in [0, 0.1) is 13.8 Å². The monoisotopic (exact) mass is 327 g/mol. The maximum absolute atomic E-state index is 5.26. The molecule has 3 aromatic rings. The molecule has 0 aliphatic rings. The van der Waals surface area contributed by atoms with E-state index in [-0.39, 0.29) is 0 Å². The van der Waals surface area contributed by atoms with Crippen LogP contribution in [0.25, 0.3) is 10.2 Å². The lowest BCUT2D eigenvalue weighted by atomic mass is 10.1. The van der Waals surface area contributed by atoms with Crippen LogP contribution in [0.4, 0.5) is 5.82 Å². The van der Waals surface area contributed by atoms with Gasteiger partial charge in [0.05, 0.1) is 12.5 Å². The second-order valence-electron chi connectivity index (χ2n) is 5.58.